The maximum absolute atomic E-state index is 5.71. The van der Waals surface area contributed by atoms with Crippen LogP contribution in [0.3, 0.4) is 0 Å². The number of ether oxygens (including phenoxy) is 3. The van der Waals surface area contributed by atoms with Crippen molar-refractivity contribution in [3.8, 4) is 11.5 Å². The van der Waals surface area contributed by atoms with Gasteiger partial charge in [0.1, 0.15) is 0 Å². The molecule has 0 spiro atoms. The van der Waals surface area contributed by atoms with Gasteiger partial charge in [0.25, 0.3) is 0 Å². The highest BCUT2D eigenvalue weighted by molar-refractivity contribution is 5.79. The van der Waals surface area contributed by atoms with Gasteiger partial charge in [0.15, 0.2) is 17.5 Å². The third-order valence-corrected chi connectivity index (χ3v) is 5.09. The molecule has 0 aliphatic carbocycles. The molecule has 0 amide bonds. The second-order valence-corrected chi connectivity index (χ2v) is 7.29. The first kappa shape index (κ1) is 23.3. The van der Waals surface area contributed by atoms with Gasteiger partial charge in [-0.1, -0.05) is 6.07 Å². The molecule has 1 aromatic rings. The number of hydrogen-bond donors (Lipinski definition) is 2. The monoisotopic (exact) mass is 406 g/mol. The summed E-state index contributed by atoms with van der Waals surface area (Å²) in [6, 6.07) is 7.02. The lowest BCUT2D eigenvalue weighted by molar-refractivity contribution is -0.0174. The Morgan fingerprint density at radius 3 is 2.69 bits per heavy atom. The third kappa shape index (κ3) is 7.40. The Balaban J connectivity index is 1.79. The Kier molecular flexibility index (Phi) is 10.1. The number of aliphatic imine (C=N–C) groups is 1. The molecule has 1 aliphatic heterocycles. The van der Waals surface area contributed by atoms with Crippen LogP contribution in [0.1, 0.15) is 33.3 Å². The number of morpholine rings is 1. The summed E-state index contributed by atoms with van der Waals surface area (Å²) in [6.07, 6.45) is 0.878. The fraction of sp³-hybridized carbons (Fsp3) is 0.682. The summed E-state index contributed by atoms with van der Waals surface area (Å²) in [5.74, 6) is 2.44. The summed E-state index contributed by atoms with van der Waals surface area (Å²) in [4.78, 5) is 6.83. The topological polar surface area (TPSA) is 67.4 Å². The smallest absolute Gasteiger partial charge is 0.191 e. The third-order valence-electron chi connectivity index (χ3n) is 5.09. The minimum Gasteiger partial charge on any atom is -0.490 e. The van der Waals surface area contributed by atoms with Crippen molar-refractivity contribution in [2.24, 2.45) is 4.99 Å². The van der Waals surface area contributed by atoms with E-state index in [1.807, 2.05) is 19.9 Å². The highest BCUT2D eigenvalue weighted by Crippen LogP contribution is 2.28. The fourth-order valence-electron chi connectivity index (χ4n) is 3.55. The van der Waals surface area contributed by atoms with Crippen molar-refractivity contribution >= 4 is 5.96 Å². The molecule has 164 valence electrons. The average Bonchev–Trinajstić information content (AvgIpc) is 2.72. The highest BCUT2D eigenvalue weighted by atomic mass is 16.5. The minimum atomic E-state index is 0.423. The second kappa shape index (κ2) is 12.5. The molecule has 29 heavy (non-hydrogen) atoms. The van der Waals surface area contributed by atoms with Gasteiger partial charge in [-0.3, -0.25) is 9.89 Å². The van der Waals surface area contributed by atoms with Crippen molar-refractivity contribution in [1.29, 1.82) is 0 Å². The fourth-order valence-corrected chi connectivity index (χ4v) is 3.55. The van der Waals surface area contributed by atoms with Crippen LogP contribution in [0.5, 0.6) is 11.5 Å². The van der Waals surface area contributed by atoms with Crippen molar-refractivity contribution in [3.05, 3.63) is 23.8 Å². The molecule has 2 rings (SSSR count). The lowest BCUT2D eigenvalue weighted by Crippen LogP contribution is -2.53. The number of hydrogen-bond acceptors (Lipinski definition) is 5. The van der Waals surface area contributed by atoms with E-state index in [0.717, 1.165) is 56.7 Å². The lowest BCUT2D eigenvalue weighted by Gasteiger charge is -2.38. The van der Waals surface area contributed by atoms with Gasteiger partial charge in [-0.25, -0.2) is 0 Å². The Labute approximate surface area is 175 Å². The van der Waals surface area contributed by atoms with Crippen molar-refractivity contribution in [2.45, 2.75) is 46.2 Å². The standard InChI is InChI=1S/C22H38N4O3/c1-6-28-20-9-8-19(14-21(20)29-7-2)10-11-24-22(23-5)25-15-17(3)26-12-13-27-16-18(26)4/h8-9,14,17-18H,6-7,10-13,15-16H2,1-5H3,(H2,23,24,25). The van der Waals surface area contributed by atoms with Crippen LogP contribution in [0.25, 0.3) is 0 Å². The van der Waals surface area contributed by atoms with Crippen LogP contribution < -0.4 is 20.1 Å². The number of rotatable bonds is 10. The van der Waals surface area contributed by atoms with Gasteiger partial charge in [-0.05, 0) is 51.8 Å². The molecule has 2 unspecified atom stereocenters. The summed E-state index contributed by atoms with van der Waals surface area (Å²) in [5.41, 5.74) is 1.20. The van der Waals surface area contributed by atoms with Crippen LogP contribution in [0, 0.1) is 0 Å². The first-order valence-corrected chi connectivity index (χ1v) is 10.8. The zero-order chi connectivity index (χ0) is 21.1. The van der Waals surface area contributed by atoms with Crippen LogP contribution in [0.4, 0.5) is 0 Å². The van der Waals surface area contributed by atoms with Crippen LogP contribution in [-0.4, -0.2) is 76.1 Å². The number of nitrogens with zero attached hydrogens (tertiary/aromatic N) is 2. The van der Waals surface area contributed by atoms with Gasteiger partial charge in [-0.2, -0.15) is 0 Å². The van der Waals surface area contributed by atoms with Gasteiger partial charge >= 0.3 is 0 Å². The molecular weight excluding hydrogens is 368 g/mol. The molecule has 7 nitrogen and oxygen atoms in total. The van der Waals surface area contributed by atoms with Gasteiger partial charge in [0.2, 0.25) is 0 Å². The normalized spacial score (nSPS) is 18.9. The van der Waals surface area contributed by atoms with Crippen molar-refractivity contribution in [3.63, 3.8) is 0 Å². The molecule has 0 aromatic heterocycles. The predicted molar refractivity (Wildman–Crippen MR) is 118 cm³/mol. The van der Waals surface area contributed by atoms with Gasteiger partial charge in [-0.15, -0.1) is 0 Å². The number of nitrogens with one attached hydrogen (secondary N) is 2. The maximum Gasteiger partial charge on any atom is 0.191 e. The van der Waals surface area contributed by atoms with Crippen LogP contribution in [0.2, 0.25) is 0 Å². The molecule has 2 N–H and O–H groups in total. The zero-order valence-electron chi connectivity index (χ0n) is 18.7. The Morgan fingerprint density at radius 1 is 1.24 bits per heavy atom. The van der Waals surface area contributed by atoms with E-state index in [1.54, 1.807) is 7.05 Å². The maximum atomic E-state index is 5.71. The van der Waals surface area contributed by atoms with Crippen LogP contribution >= 0.6 is 0 Å². The van der Waals surface area contributed by atoms with Crippen LogP contribution in [-0.2, 0) is 11.2 Å². The Hall–Kier alpha value is -1.99. The highest BCUT2D eigenvalue weighted by Gasteiger charge is 2.23. The van der Waals surface area contributed by atoms with E-state index in [-0.39, 0.29) is 0 Å². The summed E-state index contributed by atoms with van der Waals surface area (Å²) in [6.45, 7) is 13.9. The molecule has 1 aliphatic rings. The summed E-state index contributed by atoms with van der Waals surface area (Å²) in [5, 5.41) is 6.84. The quantitative estimate of drug-likeness (QED) is 0.459. The molecule has 0 saturated carbocycles. The molecular formula is C22H38N4O3. The second-order valence-electron chi connectivity index (χ2n) is 7.29. The first-order chi connectivity index (χ1) is 14.1. The van der Waals surface area contributed by atoms with Crippen LogP contribution in [0.15, 0.2) is 23.2 Å². The Bertz CT molecular complexity index is 638. The van der Waals surface area contributed by atoms with E-state index >= 15 is 0 Å². The van der Waals surface area contributed by atoms with Gasteiger partial charge in [0.05, 0.1) is 26.4 Å². The largest absolute Gasteiger partial charge is 0.490 e. The van der Waals surface area contributed by atoms with E-state index in [9.17, 15) is 0 Å². The molecule has 7 heteroatoms. The molecule has 1 fully saturated rings. The van der Waals surface area contributed by atoms with Crippen molar-refractivity contribution in [1.82, 2.24) is 15.5 Å². The summed E-state index contributed by atoms with van der Waals surface area (Å²) in [7, 11) is 1.81. The first-order valence-electron chi connectivity index (χ1n) is 10.8. The Morgan fingerprint density at radius 2 is 2.00 bits per heavy atom. The number of benzene rings is 1. The summed E-state index contributed by atoms with van der Waals surface area (Å²) < 4.78 is 16.9. The molecule has 1 aromatic carbocycles. The predicted octanol–water partition coefficient (Wildman–Crippen LogP) is 2.30. The molecule has 2 atom stereocenters. The van der Waals surface area contributed by atoms with E-state index in [2.05, 4.69) is 46.5 Å². The van der Waals surface area contributed by atoms with Gasteiger partial charge < -0.3 is 24.8 Å². The van der Waals surface area contributed by atoms with E-state index in [0.29, 0.717) is 25.3 Å². The zero-order valence-corrected chi connectivity index (χ0v) is 18.7. The molecule has 1 heterocycles. The van der Waals surface area contributed by atoms with Crippen molar-refractivity contribution < 1.29 is 14.2 Å². The average molecular weight is 407 g/mol. The van der Waals surface area contributed by atoms with Crippen molar-refractivity contribution in [2.75, 3.05) is 53.1 Å². The number of guanidine groups is 1. The molecule has 0 radical (unpaired) electrons. The summed E-state index contributed by atoms with van der Waals surface area (Å²) >= 11 is 0. The molecule has 0 bridgehead atoms. The minimum absolute atomic E-state index is 0.423. The van der Waals surface area contributed by atoms with E-state index in [4.69, 9.17) is 14.2 Å². The van der Waals surface area contributed by atoms with Gasteiger partial charge in [0, 0.05) is 38.8 Å². The van der Waals surface area contributed by atoms with E-state index in [1.165, 1.54) is 5.56 Å². The SMILES string of the molecule is CCOc1ccc(CCNC(=NC)NCC(C)N2CCOCC2C)cc1OCC. The molecule has 1 saturated heterocycles. The lowest BCUT2D eigenvalue weighted by atomic mass is 10.1. The van der Waals surface area contributed by atoms with E-state index < -0.39 is 0 Å².